The Morgan fingerprint density at radius 3 is 2.76 bits per heavy atom. The third-order valence-electron chi connectivity index (χ3n) is 3.37. The van der Waals surface area contributed by atoms with Gasteiger partial charge in [-0.2, -0.15) is 0 Å². The topological polar surface area (TPSA) is 42.4 Å². The van der Waals surface area contributed by atoms with Crippen molar-refractivity contribution in [1.82, 2.24) is 4.98 Å². The van der Waals surface area contributed by atoms with Gasteiger partial charge in [-0.1, -0.05) is 20.8 Å². The molecule has 1 saturated heterocycles. The molecule has 0 amide bonds. The highest BCUT2D eigenvalue weighted by molar-refractivity contribution is 7.09. The summed E-state index contributed by atoms with van der Waals surface area (Å²) >= 11 is 1.70. The predicted octanol–water partition coefficient (Wildman–Crippen LogP) is 2.38. The van der Waals surface area contributed by atoms with E-state index in [9.17, 15) is 5.11 Å². The van der Waals surface area contributed by atoms with Crippen molar-refractivity contribution in [2.45, 2.75) is 39.0 Å². The summed E-state index contributed by atoms with van der Waals surface area (Å²) < 4.78 is 5.41. The van der Waals surface area contributed by atoms with E-state index in [4.69, 9.17) is 4.74 Å². The van der Waals surface area contributed by atoms with Gasteiger partial charge in [0.1, 0.15) is 0 Å². The average molecular weight is 255 g/mol. The number of rotatable bonds is 3. The van der Waals surface area contributed by atoms with Gasteiger partial charge in [0.25, 0.3) is 0 Å². The highest BCUT2D eigenvalue weighted by Gasteiger charge is 2.35. The molecule has 1 N–H and O–H groups in total. The summed E-state index contributed by atoms with van der Waals surface area (Å²) in [6.45, 7) is 8.13. The molecule has 17 heavy (non-hydrogen) atoms. The van der Waals surface area contributed by atoms with E-state index in [1.807, 2.05) is 0 Å². The minimum absolute atomic E-state index is 0.0903. The first kappa shape index (κ1) is 13.0. The number of thiazole rings is 1. The summed E-state index contributed by atoms with van der Waals surface area (Å²) in [6, 6.07) is 0. The Morgan fingerprint density at radius 1 is 1.53 bits per heavy atom. The van der Waals surface area contributed by atoms with Crippen molar-refractivity contribution in [2.75, 3.05) is 19.8 Å². The lowest BCUT2D eigenvalue weighted by atomic mass is 9.85. The molecule has 1 aromatic rings. The van der Waals surface area contributed by atoms with Crippen molar-refractivity contribution in [3.63, 3.8) is 0 Å². The maximum atomic E-state index is 9.54. The lowest BCUT2D eigenvalue weighted by Crippen LogP contribution is -2.28. The lowest BCUT2D eigenvalue weighted by molar-refractivity contribution is 0.0934. The molecule has 2 rings (SSSR count). The molecule has 1 aromatic heterocycles. The van der Waals surface area contributed by atoms with Crippen LogP contribution in [-0.2, 0) is 16.6 Å². The first-order valence-electron chi connectivity index (χ1n) is 6.09. The third kappa shape index (κ3) is 2.87. The molecule has 0 aliphatic carbocycles. The normalized spacial score (nSPS) is 25.4. The fourth-order valence-electron chi connectivity index (χ4n) is 2.03. The largest absolute Gasteiger partial charge is 0.396 e. The number of aliphatic hydroxyl groups excluding tert-OH is 1. The van der Waals surface area contributed by atoms with Gasteiger partial charge in [-0.25, -0.2) is 4.98 Å². The number of nitrogens with zero attached hydrogens (tertiary/aromatic N) is 1. The Morgan fingerprint density at radius 2 is 2.29 bits per heavy atom. The summed E-state index contributed by atoms with van der Waals surface area (Å²) in [5.41, 5.74) is 1.16. The predicted molar refractivity (Wildman–Crippen MR) is 69.5 cm³/mol. The van der Waals surface area contributed by atoms with Crippen LogP contribution in [0.3, 0.4) is 0 Å². The van der Waals surface area contributed by atoms with Crippen molar-refractivity contribution >= 4 is 11.3 Å². The molecule has 1 aliphatic heterocycles. The minimum Gasteiger partial charge on any atom is -0.396 e. The molecule has 1 fully saturated rings. The van der Waals surface area contributed by atoms with Crippen molar-refractivity contribution in [1.29, 1.82) is 0 Å². The van der Waals surface area contributed by atoms with Crippen LogP contribution in [-0.4, -0.2) is 29.9 Å². The minimum atomic E-state index is -0.0903. The summed E-state index contributed by atoms with van der Waals surface area (Å²) in [7, 11) is 0. The van der Waals surface area contributed by atoms with E-state index in [1.54, 1.807) is 11.3 Å². The average Bonchev–Trinajstić information content (AvgIpc) is 2.87. The van der Waals surface area contributed by atoms with Gasteiger partial charge in [0, 0.05) is 29.2 Å². The van der Waals surface area contributed by atoms with Crippen LogP contribution in [0, 0.1) is 5.41 Å². The standard InChI is InChI=1S/C13H21NO2S/c1-12(2,3)10-7-17-11(14-10)6-13(8-15)4-5-16-9-13/h7,15H,4-6,8-9H2,1-3H3. The Kier molecular flexibility index (Phi) is 3.57. The number of hydrogen-bond donors (Lipinski definition) is 1. The summed E-state index contributed by atoms with van der Waals surface area (Å²) in [5.74, 6) is 0. The Balaban J connectivity index is 2.11. The highest BCUT2D eigenvalue weighted by Crippen LogP contribution is 2.34. The van der Waals surface area contributed by atoms with Crippen molar-refractivity contribution < 1.29 is 9.84 Å². The first-order chi connectivity index (χ1) is 7.95. The zero-order valence-electron chi connectivity index (χ0n) is 10.8. The molecule has 0 aromatic carbocycles. The second-order valence-electron chi connectivity index (χ2n) is 6.01. The summed E-state index contributed by atoms with van der Waals surface area (Å²) in [4.78, 5) is 4.69. The van der Waals surface area contributed by atoms with Crippen LogP contribution < -0.4 is 0 Å². The van der Waals surface area contributed by atoms with Crippen LogP contribution in [0.5, 0.6) is 0 Å². The molecule has 2 heterocycles. The van der Waals surface area contributed by atoms with Crippen molar-refractivity contribution in [3.05, 3.63) is 16.1 Å². The second kappa shape index (κ2) is 4.67. The van der Waals surface area contributed by atoms with Gasteiger partial charge in [-0.15, -0.1) is 11.3 Å². The van der Waals surface area contributed by atoms with Crippen LogP contribution >= 0.6 is 11.3 Å². The van der Waals surface area contributed by atoms with Gasteiger partial charge in [-0.3, -0.25) is 0 Å². The molecule has 1 aliphatic rings. The highest BCUT2D eigenvalue weighted by atomic mass is 32.1. The Labute approximate surface area is 107 Å². The number of aromatic nitrogens is 1. The molecule has 0 saturated carbocycles. The molecule has 0 bridgehead atoms. The van der Waals surface area contributed by atoms with Crippen LogP contribution in [0.4, 0.5) is 0 Å². The van der Waals surface area contributed by atoms with Crippen LogP contribution in [0.15, 0.2) is 5.38 Å². The van der Waals surface area contributed by atoms with Gasteiger partial charge >= 0.3 is 0 Å². The summed E-state index contributed by atoms with van der Waals surface area (Å²) in [6.07, 6.45) is 1.78. The van der Waals surface area contributed by atoms with Crippen LogP contribution in [0.1, 0.15) is 37.9 Å². The van der Waals surface area contributed by atoms with Crippen molar-refractivity contribution in [2.24, 2.45) is 5.41 Å². The van der Waals surface area contributed by atoms with E-state index in [1.165, 1.54) is 0 Å². The van der Waals surface area contributed by atoms with Gasteiger partial charge in [0.15, 0.2) is 0 Å². The number of aliphatic hydroxyl groups is 1. The monoisotopic (exact) mass is 255 g/mol. The molecule has 4 heteroatoms. The molecular formula is C13H21NO2S. The Bertz CT molecular complexity index is 375. The maximum absolute atomic E-state index is 9.54. The third-order valence-corrected chi connectivity index (χ3v) is 4.22. The molecular weight excluding hydrogens is 234 g/mol. The van der Waals surface area contributed by atoms with Gasteiger partial charge < -0.3 is 9.84 Å². The molecule has 1 atom stereocenters. The van der Waals surface area contributed by atoms with Gasteiger partial charge in [-0.05, 0) is 6.42 Å². The smallest absolute Gasteiger partial charge is 0.0935 e. The fourth-order valence-corrected chi connectivity index (χ4v) is 3.22. The van der Waals surface area contributed by atoms with E-state index in [2.05, 4.69) is 31.1 Å². The van der Waals surface area contributed by atoms with Crippen LogP contribution in [0.25, 0.3) is 0 Å². The quantitative estimate of drug-likeness (QED) is 0.901. The second-order valence-corrected chi connectivity index (χ2v) is 6.96. The lowest BCUT2D eigenvalue weighted by Gasteiger charge is -2.23. The van der Waals surface area contributed by atoms with Gasteiger partial charge in [0.05, 0.1) is 23.9 Å². The van der Waals surface area contributed by atoms with Crippen LogP contribution in [0.2, 0.25) is 0 Å². The number of ether oxygens (including phenoxy) is 1. The maximum Gasteiger partial charge on any atom is 0.0935 e. The number of hydrogen-bond acceptors (Lipinski definition) is 4. The first-order valence-corrected chi connectivity index (χ1v) is 6.97. The summed E-state index contributed by atoms with van der Waals surface area (Å²) in [5, 5.41) is 12.8. The SMILES string of the molecule is CC(C)(C)c1csc(CC2(CO)CCOC2)n1. The zero-order chi connectivity index (χ0) is 12.5. The zero-order valence-corrected chi connectivity index (χ0v) is 11.6. The van der Waals surface area contributed by atoms with E-state index in [0.29, 0.717) is 6.61 Å². The molecule has 1 unspecified atom stereocenters. The van der Waals surface area contributed by atoms with E-state index in [0.717, 1.165) is 30.2 Å². The van der Waals surface area contributed by atoms with E-state index in [-0.39, 0.29) is 17.4 Å². The molecule has 96 valence electrons. The van der Waals surface area contributed by atoms with Gasteiger partial charge in [0.2, 0.25) is 0 Å². The van der Waals surface area contributed by atoms with Crippen molar-refractivity contribution in [3.8, 4) is 0 Å². The molecule has 0 spiro atoms. The Hall–Kier alpha value is -0.450. The molecule has 0 radical (unpaired) electrons. The fraction of sp³-hybridized carbons (Fsp3) is 0.769. The van der Waals surface area contributed by atoms with E-state index < -0.39 is 0 Å². The van der Waals surface area contributed by atoms with E-state index >= 15 is 0 Å². The molecule has 3 nitrogen and oxygen atoms in total.